The highest BCUT2D eigenvalue weighted by Gasteiger charge is 2.06. The van der Waals surface area contributed by atoms with Crippen LogP contribution >= 0.6 is 11.6 Å². The Morgan fingerprint density at radius 1 is 1.20 bits per heavy atom. The van der Waals surface area contributed by atoms with Crippen molar-refractivity contribution in [2.24, 2.45) is 0 Å². The number of methoxy groups -OCH3 is 1. The molecule has 2 N–H and O–H groups in total. The zero-order chi connectivity index (χ0) is 14.4. The van der Waals surface area contributed by atoms with E-state index >= 15 is 0 Å². The fourth-order valence-electron chi connectivity index (χ4n) is 1.69. The van der Waals surface area contributed by atoms with Gasteiger partial charge in [0.1, 0.15) is 23.7 Å². The highest BCUT2D eigenvalue weighted by Crippen LogP contribution is 2.30. The molecule has 0 saturated carbocycles. The summed E-state index contributed by atoms with van der Waals surface area (Å²) in [6.45, 7) is 2.97. The van der Waals surface area contributed by atoms with Gasteiger partial charge >= 0.3 is 0 Å². The van der Waals surface area contributed by atoms with Crippen LogP contribution in [0.25, 0.3) is 0 Å². The molecule has 0 bridgehead atoms. The fourth-order valence-corrected chi connectivity index (χ4v) is 1.86. The fraction of sp³-hybridized carbons (Fsp3) is 0.286. The first-order valence-electron chi connectivity index (χ1n) is 6.39. The van der Waals surface area contributed by atoms with Crippen LogP contribution in [0.4, 0.5) is 17.3 Å². The van der Waals surface area contributed by atoms with Crippen molar-refractivity contribution >= 4 is 28.9 Å². The molecule has 1 aromatic heterocycles. The van der Waals surface area contributed by atoms with Gasteiger partial charge in [-0.2, -0.15) is 0 Å². The molecular weight excluding hydrogens is 276 g/mol. The van der Waals surface area contributed by atoms with E-state index in [1.54, 1.807) is 19.2 Å². The zero-order valence-corrected chi connectivity index (χ0v) is 12.2. The Kier molecular flexibility index (Phi) is 5.01. The number of aromatic nitrogens is 2. The Labute approximate surface area is 123 Å². The molecule has 0 aliphatic carbocycles. The monoisotopic (exact) mass is 292 g/mol. The Balaban J connectivity index is 2.19. The molecule has 106 valence electrons. The lowest BCUT2D eigenvalue weighted by molar-refractivity contribution is 0.417. The molecule has 2 aromatic rings. The van der Waals surface area contributed by atoms with E-state index in [9.17, 15) is 0 Å². The minimum absolute atomic E-state index is 0.631. The van der Waals surface area contributed by atoms with Crippen LogP contribution in [-0.2, 0) is 0 Å². The molecule has 0 saturated heterocycles. The SMILES string of the molecule is CCCNc1cc(Nc2cc(Cl)ccc2OC)ncn1. The molecule has 0 fully saturated rings. The number of halogens is 1. The molecule has 0 aliphatic heterocycles. The van der Waals surface area contributed by atoms with Crippen LogP contribution in [0.1, 0.15) is 13.3 Å². The van der Waals surface area contributed by atoms with Crippen LogP contribution in [0.15, 0.2) is 30.6 Å². The summed E-state index contributed by atoms with van der Waals surface area (Å²) in [7, 11) is 1.61. The van der Waals surface area contributed by atoms with E-state index in [0.717, 1.165) is 24.5 Å². The maximum Gasteiger partial charge on any atom is 0.142 e. The van der Waals surface area contributed by atoms with Crippen LogP contribution < -0.4 is 15.4 Å². The number of nitrogens with one attached hydrogen (secondary N) is 2. The molecule has 20 heavy (non-hydrogen) atoms. The molecule has 0 radical (unpaired) electrons. The van der Waals surface area contributed by atoms with Gasteiger partial charge in [0.15, 0.2) is 0 Å². The van der Waals surface area contributed by atoms with E-state index in [0.29, 0.717) is 16.6 Å². The molecule has 2 rings (SSSR count). The Morgan fingerprint density at radius 3 is 2.75 bits per heavy atom. The Bertz CT molecular complexity index is 577. The summed E-state index contributed by atoms with van der Waals surface area (Å²) in [4.78, 5) is 8.35. The molecule has 1 heterocycles. The van der Waals surface area contributed by atoms with Crippen LogP contribution in [0, 0.1) is 0 Å². The molecular formula is C14H17ClN4O. The standard InChI is InChI=1S/C14H17ClN4O/c1-3-6-16-13-8-14(18-9-17-13)19-11-7-10(15)4-5-12(11)20-2/h4-5,7-9H,3,6H2,1-2H3,(H2,16,17,18,19). The summed E-state index contributed by atoms with van der Waals surface area (Å²) in [6, 6.07) is 7.22. The highest BCUT2D eigenvalue weighted by atomic mass is 35.5. The number of hydrogen-bond acceptors (Lipinski definition) is 5. The van der Waals surface area contributed by atoms with Crippen molar-refractivity contribution in [3.63, 3.8) is 0 Å². The Hall–Kier alpha value is -2.01. The van der Waals surface area contributed by atoms with Gasteiger partial charge in [-0.05, 0) is 24.6 Å². The van der Waals surface area contributed by atoms with Crippen molar-refractivity contribution in [1.29, 1.82) is 0 Å². The van der Waals surface area contributed by atoms with E-state index in [1.165, 1.54) is 6.33 Å². The van der Waals surface area contributed by atoms with Gasteiger partial charge in [-0.3, -0.25) is 0 Å². The number of hydrogen-bond donors (Lipinski definition) is 2. The van der Waals surface area contributed by atoms with Gasteiger partial charge in [0.2, 0.25) is 0 Å². The molecule has 6 heteroatoms. The second-order valence-corrected chi connectivity index (χ2v) is 4.62. The lowest BCUT2D eigenvalue weighted by atomic mass is 10.3. The second-order valence-electron chi connectivity index (χ2n) is 4.18. The van der Waals surface area contributed by atoms with Crippen LogP contribution in [0.5, 0.6) is 5.75 Å². The average molecular weight is 293 g/mol. The number of anilines is 3. The van der Waals surface area contributed by atoms with E-state index in [4.69, 9.17) is 16.3 Å². The van der Waals surface area contributed by atoms with Crippen molar-refractivity contribution in [2.45, 2.75) is 13.3 Å². The zero-order valence-electron chi connectivity index (χ0n) is 11.5. The number of nitrogens with zero attached hydrogens (tertiary/aromatic N) is 2. The first-order chi connectivity index (χ1) is 9.72. The van der Waals surface area contributed by atoms with Gasteiger partial charge in [0.05, 0.1) is 12.8 Å². The summed E-state index contributed by atoms with van der Waals surface area (Å²) in [5.41, 5.74) is 0.764. The van der Waals surface area contributed by atoms with Crippen molar-refractivity contribution < 1.29 is 4.74 Å². The number of benzene rings is 1. The summed E-state index contributed by atoms with van der Waals surface area (Å²) in [5.74, 6) is 2.17. The predicted molar refractivity (Wildman–Crippen MR) is 82.1 cm³/mol. The van der Waals surface area contributed by atoms with Crippen molar-refractivity contribution in [2.75, 3.05) is 24.3 Å². The third kappa shape index (κ3) is 3.74. The lowest BCUT2D eigenvalue weighted by Gasteiger charge is -2.11. The van der Waals surface area contributed by atoms with Gasteiger partial charge in [-0.1, -0.05) is 18.5 Å². The molecule has 0 unspecified atom stereocenters. The minimum Gasteiger partial charge on any atom is -0.495 e. The van der Waals surface area contributed by atoms with Gasteiger partial charge in [-0.25, -0.2) is 9.97 Å². The van der Waals surface area contributed by atoms with Gasteiger partial charge in [0, 0.05) is 17.6 Å². The third-order valence-corrected chi connectivity index (χ3v) is 2.88. The number of rotatable bonds is 6. The van der Waals surface area contributed by atoms with E-state index in [-0.39, 0.29) is 0 Å². The van der Waals surface area contributed by atoms with Crippen molar-refractivity contribution in [1.82, 2.24) is 9.97 Å². The minimum atomic E-state index is 0.631. The van der Waals surface area contributed by atoms with E-state index in [2.05, 4.69) is 27.5 Å². The van der Waals surface area contributed by atoms with Crippen LogP contribution in [-0.4, -0.2) is 23.6 Å². The smallest absolute Gasteiger partial charge is 0.142 e. The van der Waals surface area contributed by atoms with Crippen molar-refractivity contribution in [3.05, 3.63) is 35.6 Å². The predicted octanol–water partition coefficient (Wildman–Crippen LogP) is 3.70. The third-order valence-electron chi connectivity index (χ3n) is 2.65. The highest BCUT2D eigenvalue weighted by molar-refractivity contribution is 6.31. The summed E-state index contributed by atoms with van der Waals surface area (Å²) >= 11 is 6.00. The molecule has 5 nitrogen and oxygen atoms in total. The second kappa shape index (κ2) is 6.96. The summed E-state index contributed by atoms with van der Waals surface area (Å²) < 4.78 is 5.29. The maximum atomic E-state index is 6.00. The van der Waals surface area contributed by atoms with Gasteiger partial charge < -0.3 is 15.4 Å². The maximum absolute atomic E-state index is 6.00. The van der Waals surface area contributed by atoms with Crippen LogP contribution in [0.2, 0.25) is 5.02 Å². The summed E-state index contributed by atoms with van der Waals surface area (Å²) in [5, 5.41) is 7.02. The van der Waals surface area contributed by atoms with E-state index < -0.39 is 0 Å². The topological polar surface area (TPSA) is 59.1 Å². The Morgan fingerprint density at radius 2 is 2.00 bits per heavy atom. The molecule has 0 aliphatic rings. The molecule has 0 spiro atoms. The normalized spacial score (nSPS) is 10.2. The lowest BCUT2D eigenvalue weighted by Crippen LogP contribution is -2.03. The summed E-state index contributed by atoms with van der Waals surface area (Å²) in [6.07, 6.45) is 2.55. The van der Waals surface area contributed by atoms with Gasteiger partial charge in [-0.15, -0.1) is 0 Å². The van der Waals surface area contributed by atoms with Gasteiger partial charge in [0.25, 0.3) is 0 Å². The number of ether oxygens (including phenoxy) is 1. The first-order valence-corrected chi connectivity index (χ1v) is 6.77. The quantitative estimate of drug-likeness (QED) is 0.850. The molecule has 0 atom stereocenters. The largest absolute Gasteiger partial charge is 0.495 e. The molecule has 1 aromatic carbocycles. The van der Waals surface area contributed by atoms with Crippen LogP contribution in [0.3, 0.4) is 0 Å². The van der Waals surface area contributed by atoms with Crippen molar-refractivity contribution in [3.8, 4) is 5.75 Å². The first kappa shape index (κ1) is 14.4. The van der Waals surface area contributed by atoms with E-state index in [1.807, 2.05) is 12.1 Å². The molecule has 0 amide bonds. The average Bonchev–Trinajstić information content (AvgIpc) is 2.46.